The fraction of sp³-hybridized carbons (Fsp3) is 0.933. The molecule has 2 atom stereocenters. The first kappa shape index (κ1) is 34.9. The van der Waals surface area contributed by atoms with Crippen molar-refractivity contribution >= 4 is 11.9 Å². The number of β-amino-alcohol motifs (C(OH)–C–C–N with tert-alkyl or cyclic N) is 2. The Hall–Kier alpha value is -1.30. The number of rotatable bonds is 13. The van der Waals surface area contributed by atoms with Gasteiger partial charge in [-0.2, -0.15) is 0 Å². The second-order valence-electron chi connectivity index (χ2n) is 15.1. The number of aliphatic hydroxyl groups is 4. The molecule has 2 fully saturated rings. The lowest BCUT2D eigenvalue weighted by Crippen LogP contribution is -2.64. The standard InChI is InChI=1S/C30H56N2O8/c1-26(2)12-20(33)13-27(3,4)31(26)18-22(35)16-30(25(39)40,11-9-10-24(37)38)17-23(36)19-32-28(5,6)14-21(34)15-29(32,7)8/h20-23,33-36H,9-19H2,1-8H3,(H,37,38)(H,39,40)/p-2. The minimum Gasteiger partial charge on any atom is -0.550 e. The predicted octanol–water partition coefficient (Wildman–Crippen LogP) is 0.173. The van der Waals surface area contributed by atoms with Crippen molar-refractivity contribution in [3.63, 3.8) is 0 Å². The highest BCUT2D eigenvalue weighted by molar-refractivity contribution is 5.72. The Bertz CT molecular complexity index is 799. The Kier molecular flexibility index (Phi) is 10.9. The molecule has 4 N–H and O–H groups in total. The van der Waals surface area contributed by atoms with Gasteiger partial charge in [-0.05, 0) is 113 Å². The number of carbonyl (C=O) groups excluding carboxylic acids is 2. The minimum absolute atomic E-state index is 0.00946. The first-order chi connectivity index (χ1) is 18.0. The van der Waals surface area contributed by atoms with Gasteiger partial charge in [-0.15, -0.1) is 0 Å². The number of hydrogen-bond donors (Lipinski definition) is 4. The van der Waals surface area contributed by atoms with E-state index in [2.05, 4.69) is 9.80 Å². The highest BCUT2D eigenvalue weighted by atomic mass is 16.4. The summed E-state index contributed by atoms with van der Waals surface area (Å²) in [6.07, 6.45) is -1.96. The number of carbonyl (C=O) groups is 2. The molecule has 2 rings (SSSR count). The van der Waals surface area contributed by atoms with Crippen LogP contribution in [0.3, 0.4) is 0 Å². The molecule has 0 spiro atoms. The van der Waals surface area contributed by atoms with Crippen molar-refractivity contribution in [3.8, 4) is 0 Å². The zero-order valence-corrected chi connectivity index (χ0v) is 25.9. The SMILES string of the molecule is CC1(C)CC(O)CC(C)(C)N1CC(O)CC(CCCC(=O)[O-])(CC(O)CN1C(C)(C)CC(O)CC1(C)C)C(=O)[O-]. The van der Waals surface area contributed by atoms with Crippen molar-refractivity contribution in [2.45, 2.75) is 160 Å². The van der Waals surface area contributed by atoms with Gasteiger partial charge >= 0.3 is 0 Å². The maximum absolute atomic E-state index is 12.8. The van der Waals surface area contributed by atoms with Gasteiger partial charge in [0.05, 0.1) is 24.4 Å². The van der Waals surface area contributed by atoms with Crippen molar-refractivity contribution in [2.75, 3.05) is 13.1 Å². The number of hydrogen-bond acceptors (Lipinski definition) is 10. The fourth-order valence-electron chi connectivity index (χ4n) is 8.10. The van der Waals surface area contributed by atoms with Gasteiger partial charge in [0.1, 0.15) is 0 Å². The molecule has 10 nitrogen and oxygen atoms in total. The molecule has 2 aliphatic heterocycles. The van der Waals surface area contributed by atoms with Crippen molar-refractivity contribution in [1.29, 1.82) is 0 Å². The van der Waals surface area contributed by atoms with Crippen LogP contribution in [-0.4, -0.2) is 102 Å². The third kappa shape index (κ3) is 8.61. The smallest absolute Gasteiger partial charge is 0.0676 e. The van der Waals surface area contributed by atoms with E-state index < -0.39 is 63.9 Å². The summed E-state index contributed by atoms with van der Waals surface area (Å²) in [6, 6.07) is 0. The summed E-state index contributed by atoms with van der Waals surface area (Å²) < 4.78 is 0. The number of likely N-dealkylation sites (tertiary alicyclic amines) is 2. The summed E-state index contributed by atoms with van der Waals surface area (Å²) in [4.78, 5) is 28.1. The summed E-state index contributed by atoms with van der Waals surface area (Å²) in [5, 5.41) is 67.3. The summed E-state index contributed by atoms with van der Waals surface area (Å²) in [5.41, 5.74) is -3.46. The third-order valence-electron chi connectivity index (χ3n) is 9.37. The first-order valence-corrected chi connectivity index (χ1v) is 14.7. The second kappa shape index (κ2) is 12.5. The Labute approximate surface area is 240 Å². The number of carboxylic acid groups (broad SMARTS) is 2. The zero-order chi connectivity index (χ0) is 30.9. The zero-order valence-electron chi connectivity index (χ0n) is 25.9. The van der Waals surface area contributed by atoms with E-state index in [-0.39, 0.29) is 45.2 Å². The van der Waals surface area contributed by atoms with E-state index in [0.717, 1.165) is 0 Å². The molecule has 40 heavy (non-hydrogen) atoms. The number of aliphatic hydroxyl groups excluding tert-OH is 4. The molecule has 0 bridgehead atoms. The van der Waals surface area contributed by atoms with Gasteiger partial charge in [0, 0.05) is 52.6 Å². The monoisotopic (exact) mass is 570 g/mol. The number of aliphatic carboxylic acids is 2. The summed E-state index contributed by atoms with van der Waals surface area (Å²) in [6.45, 7) is 16.2. The molecule has 0 radical (unpaired) electrons. The molecular formula is C30H54N2O8-2. The first-order valence-electron chi connectivity index (χ1n) is 14.7. The van der Waals surface area contributed by atoms with Crippen LogP contribution in [0.2, 0.25) is 0 Å². The molecule has 0 saturated carbocycles. The van der Waals surface area contributed by atoms with Crippen LogP contribution in [0, 0.1) is 5.41 Å². The predicted molar refractivity (Wildman–Crippen MR) is 148 cm³/mol. The van der Waals surface area contributed by atoms with E-state index in [1.165, 1.54) is 0 Å². The van der Waals surface area contributed by atoms with E-state index in [9.17, 15) is 40.2 Å². The van der Waals surface area contributed by atoms with E-state index in [1.807, 2.05) is 55.4 Å². The van der Waals surface area contributed by atoms with Crippen LogP contribution in [0.4, 0.5) is 0 Å². The molecule has 0 amide bonds. The quantitative estimate of drug-likeness (QED) is 0.240. The van der Waals surface area contributed by atoms with Gasteiger partial charge in [-0.25, -0.2) is 0 Å². The molecule has 0 aromatic heterocycles. The molecule has 2 saturated heterocycles. The van der Waals surface area contributed by atoms with Gasteiger partial charge < -0.3 is 40.2 Å². The Morgan fingerprint density at radius 1 is 0.750 bits per heavy atom. The van der Waals surface area contributed by atoms with Crippen LogP contribution in [-0.2, 0) is 9.59 Å². The molecule has 2 heterocycles. The minimum atomic E-state index is -1.67. The highest BCUT2D eigenvalue weighted by Crippen LogP contribution is 2.42. The van der Waals surface area contributed by atoms with E-state index >= 15 is 0 Å². The van der Waals surface area contributed by atoms with Crippen LogP contribution >= 0.6 is 0 Å². The highest BCUT2D eigenvalue weighted by Gasteiger charge is 2.48. The molecule has 2 aliphatic rings. The largest absolute Gasteiger partial charge is 0.550 e. The Morgan fingerprint density at radius 2 is 1.07 bits per heavy atom. The van der Waals surface area contributed by atoms with Gasteiger partial charge in [0.25, 0.3) is 0 Å². The summed E-state index contributed by atoms with van der Waals surface area (Å²) >= 11 is 0. The average molecular weight is 571 g/mol. The Morgan fingerprint density at radius 3 is 1.35 bits per heavy atom. The van der Waals surface area contributed by atoms with Crippen molar-refractivity contribution in [1.82, 2.24) is 9.80 Å². The van der Waals surface area contributed by atoms with Crippen LogP contribution in [0.5, 0.6) is 0 Å². The fourth-order valence-corrected chi connectivity index (χ4v) is 8.10. The number of carboxylic acids is 2. The maximum Gasteiger partial charge on any atom is 0.0676 e. The molecule has 0 aromatic carbocycles. The normalized spacial score (nSPS) is 26.6. The molecule has 234 valence electrons. The summed E-state index contributed by atoms with van der Waals surface area (Å²) in [5.74, 6) is -2.72. The average Bonchev–Trinajstić information content (AvgIpc) is 2.71. The van der Waals surface area contributed by atoms with Gasteiger partial charge in [-0.1, -0.05) is 0 Å². The van der Waals surface area contributed by atoms with E-state index in [4.69, 9.17) is 0 Å². The third-order valence-corrected chi connectivity index (χ3v) is 9.37. The van der Waals surface area contributed by atoms with Crippen LogP contribution in [0.15, 0.2) is 0 Å². The van der Waals surface area contributed by atoms with Crippen LogP contribution in [0.1, 0.15) is 113 Å². The molecule has 2 unspecified atom stereocenters. The van der Waals surface area contributed by atoms with Gasteiger partial charge in [-0.3, -0.25) is 9.80 Å². The molecule has 10 heteroatoms. The topological polar surface area (TPSA) is 168 Å². The molecule has 0 aromatic rings. The van der Waals surface area contributed by atoms with Gasteiger partial charge in [0.2, 0.25) is 0 Å². The van der Waals surface area contributed by atoms with E-state index in [1.54, 1.807) is 0 Å². The van der Waals surface area contributed by atoms with Crippen molar-refractivity contribution < 1.29 is 40.2 Å². The molecule has 0 aliphatic carbocycles. The lowest BCUT2D eigenvalue weighted by Gasteiger charge is -2.55. The Balaban J connectivity index is 2.31. The number of piperidine rings is 2. The second-order valence-corrected chi connectivity index (χ2v) is 15.1. The maximum atomic E-state index is 12.8. The van der Waals surface area contributed by atoms with Gasteiger partial charge in [0.15, 0.2) is 0 Å². The van der Waals surface area contributed by atoms with Crippen LogP contribution < -0.4 is 10.2 Å². The van der Waals surface area contributed by atoms with E-state index in [0.29, 0.717) is 25.7 Å². The lowest BCUT2D eigenvalue weighted by molar-refractivity contribution is -0.323. The lowest BCUT2D eigenvalue weighted by atomic mass is 9.72. The molecular weight excluding hydrogens is 516 g/mol. The summed E-state index contributed by atoms with van der Waals surface area (Å²) in [7, 11) is 0. The van der Waals surface area contributed by atoms with Crippen molar-refractivity contribution in [2.24, 2.45) is 5.41 Å². The van der Waals surface area contributed by atoms with Crippen molar-refractivity contribution in [3.05, 3.63) is 0 Å². The van der Waals surface area contributed by atoms with Crippen LogP contribution in [0.25, 0.3) is 0 Å². The number of nitrogens with zero attached hydrogens (tertiary/aromatic N) is 2.